The van der Waals surface area contributed by atoms with E-state index in [2.05, 4.69) is 0 Å². The van der Waals surface area contributed by atoms with E-state index in [9.17, 15) is 4.79 Å². The van der Waals surface area contributed by atoms with Crippen LogP contribution < -0.4 is 0 Å². The van der Waals surface area contributed by atoms with Gasteiger partial charge in [0.2, 0.25) is 5.91 Å². The van der Waals surface area contributed by atoms with Gasteiger partial charge in [0, 0.05) is 24.5 Å². The zero-order valence-corrected chi connectivity index (χ0v) is 10.2. The molecule has 0 atom stereocenters. The Morgan fingerprint density at radius 3 is 2.81 bits per heavy atom. The van der Waals surface area contributed by atoms with Crippen molar-refractivity contribution in [1.29, 1.82) is 0 Å². The van der Waals surface area contributed by atoms with Crippen LogP contribution in [0.4, 0.5) is 0 Å². The second-order valence-electron chi connectivity index (χ2n) is 4.45. The SMILES string of the molecule is CN(Cc1cccc(Cl)c1)C(=O)C1CCC1. The van der Waals surface area contributed by atoms with Gasteiger partial charge in [0.25, 0.3) is 0 Å². The number of rotatable bonds is 3. The predicted octanol–water partition coefficient (Wildman–Crippen LogP) is 3.10. The molecule has 0 bridgehead atoms. The zero-order chi connectivity index (χ0) is 11.5. The van der Waals surface area contributed by atoms with Crippen molar-refractivity contribution in [3.63, 3.8) is 0 Å². The molecule has 0 spiro atoms. The molecule has 86 valence electrons. The van der Waals surface area contributed by atoms with Crippen molar-refractivity contribution in [2.75, 3.05) is 7.05 Å². The minimum Gasteiger partial charge on any atom is -0.341 e. The van der Waals surface area contributed by atoms with E-state index in [1.165, 1.54) is 6.42 Å². The standard InChI is InChI=1S/C13H16ClNO/c1-15(13(16)11-5-3-6-11)9-10-4-2-7-12(14)8-10/h2,4,7-8,11H,3,5-6,9H2,1H3. The lowest BCUT2D eigenvalue weighted by molar-refractivity contribution is -0.137. The van der Waals surface area contributed by atoms with E-state index in [1.54, 1.807) is 4.90 Å². The number of hydrogen-bond acceptors (Lipinski definition) is 1. The summed E-state index contributed by atoms with van der Waals surface area (Å²) in [4.78, 5) is 13.7. The van der Waals surface area contributed by atoms with Crippen LogP contribution in [0, 0.1) is 5.92 Å². The molecule has 0 aliphatic heterocycles. The molecule has 0 aromatic heterocycles. The third-order valence-corrected chi connectivity index (χ3v) is 3.37. The van der Waals surface area contributed by atoms with Gasteiger partial charge < -0.3 is 4.90 Å². The molecule has 3 heteroatoms. The molecule has 0 unspecified atom stereocenters. The third kappa shape index (κ3) is 2.56. The van der Waals surface area contributed by atoms with Crippen molar-refractivity contribution < 1.29 is 4.79 Å². The highest BCUT2D eigenvalue weighted by atomic mass is 35.5. The topological polar surface area (TPSA) is 20.3 Å². The molecule has 2 nitrogen and oxygen atoms in total. The van der Waals surface area contributed by atoms with Gasteiger partial charge in [-0.15, -0.1) is 0 Å². The maximum atomic E-state index is 11.9. The molecular weight excluding hydrogens is 222 g/mol. The Hall–Kier alpha value is -1.02. The zero-order valence-electron chi connectivity index (χ0n) is 9.45. The van der Waals surface area contributed by atoms with Crippen molar-refractivity contribution in [3.8, 4) is 0 Å². The Bertz CT molecular complexity index is 387. The number of nitrogens with zero attached hydrogens (tertiary/aromatic N) is 1. The first-order valence-corrected chi connectivity index (χ1v) is 6.04. The Kier molecular flexibility index (Phi) is 3.49. The highest BCUT2D eigenvalue weighted by Gasteiger charge is 2.27. The number of halogens is 1. The Balaban J connectivity index is 1.95. The first kappa shape index (κ1) is 11.5. The Morgan fingerprint density at radius 2 is 2.25 bits per heavy atom. The van der Waals surface area contributed by atoms with Gasteiger partial charge in [-0.25, -0.2) is 0 Å². The van der Waals surface area contributed by atoms with E-state index in [-0.39, 0.29) is 11.8 Å². The first-order valence-electron chi connectivity index (χ1n) is 5.66. The number of carbonyl (C=O) groups excluding carboxylic acids is 1. The van der Waals surface area contributed by atoms with Gasteiger partial charge in [-0.3, -0.25) is 4.79 Å². The van der Waals surface area contributed by atoms with Gasteiger partial charge in [0.1, 0.15) is 0 Å². The summed E-state index contributed by atoms with van der Waals surface area (Å²) in [5.74, 6) is 0.537. The number of benzene rings is 1. The van der Waals surface area contributed by atoms with E-state index in [0.717, 1.165) is 23.4 Å². The van der Waals surface area contributed by atoms with E-state index < -0.39 is 0 Å². The summed E-state index contributed by atoms with van der Waals surface area (Å²) in [6.07, 6.45) is 3.30. The molecule has 1 aromatic carbocycles. The molecule has 1 amide bonds. The summed E-state index contributed by atoms with van der Waals surface area (Å²) < 4.78 is 0. The van der Waals surface area contributed by atoms with E-state index >= 15 is 0 Å². The molecule has 2 rings (SSSR count). The van der Waals surface area contributed by atoms with Gasteiger partial charge in [-0.1, -0.05) is 30.2 Å². The van der Waals surface area contributed by atoms with Crippen LogP contribution in [0.25, 0.3) is 0 Å². The molecule has 1 aromatic rings. The quantitative estimate of drug-likeness (QED) is 0.791. The van der Waals surface area contributed by atoms with Crippen LogP contribution in [-0.2, 0) is 11.3 Å². The van der Waals surface area contributed by atoms with Crippen LogP contribution in [0.2, 0.25) is 5.02 Å². The Morgan fingerprint density at radius 1 is 1.50 bits per heavy atom. The highest BCUT2D eigenvalue weighted by molar-refractivity contribution is 6.30. The van der Waals surface area contributed by atoms with Gasteiger partial charge in [0.15, 0.2) is 0 Å². The second kappa shape index (κ2) is 4.88. The molecule has 1 aliphatic carbocycles. The number of hydrogen-bond donors (Lipinski definition) is 0. The van der Waals surface area contributed by atoms with E-state index in [0.29, 0.717) is 6.54 Å². The van der Waals surface area contributed by atoms with Crippen LogP contribution in [-0.4, -0.2) is 17.9 Å². The predicted molar refractivity (Wildman–Crippen MR) is 65.3 cm³/mol. The average molecular weight is 238 g/mol. The lowest BCUT2D eigenvalue weighted by Gasteiger charge is -2.29. The largest absolute Gasteiger partial charge is 0.341 e. The maximum absolute atomic E-state index is 11.9. The minimum atomic E-state index is 0.268. The van der Waals surface area contributed by atoms with E-state index in [4.69, 9.17) is 11.6 Å². The molecule has 0 N–H and O–H groups in total. The van der Waals surface area contributed by atoms with Crippen molar-refractivity contribution in [2.24, 2.45) is 5.92 Å². The molecule has 1 aliphatic rings. The van der Waals surface area contributed by atoms with Crippen LogP contribution in [0.15, 0.2) is 24.3 Å². The Labute approximate surface area is 101 Å². The molecule has 0 saturated heterocycles. The smallest absolute Gasteiger partial charge is 0.225 e. The van der Waals surface area contributed by atoms with Gasteiger partial charge >= 0.3 is 0 Å². The fraction of sp³-hybridized carbons (Fsp3) is 0.462. The van der Waals surface area contributed by atoms with Crippen LogP contribution in [0.1, 0.15) is 24.8 Å². The fourth-order valence-corrected chi connectivity index (χ4v) is 2.17. The monoisotopic (exact) mass is 237 g/mol. The minimum absolute atomic E-state index is 0.268. The summed E-state index contributed by atoms with van der Waals surface area (Å²) in [6.45, 7) is 0.649. The maximum Gasteiger partial charge on any atom is 0.225 e. The van der Waals surface area contributed by atoms with Crippen molar-refractivity contribution in [3.05, 3.63) is 34.9 Å². The van der Waals surface area contributed by atoms with Crippen molar-refractivity contribution >= 4 is 17.5 Å². The summed E-state index contributed by atoms with van der Waals surface area (Å²) >= 11 is 5.91. The fourth-order valence-electron chi connectivity index (χ4n) is 1.95. The highest BCUT2D eigenvalue weighted by Crippen LogP contribution is 2.28. The lowest BCUT2D eigenvalue weighted by Crippen LogP contribution is -2.35. The molecule has 0 radical (unpaired) electrons. The molecule has 1 saturated carbocycles. The second-order valence-corrected chi connectivity index (χ2v) is 4.89. The lowest BCUT2D eigenvalue weighted by atomic mass is 9.84. The number of amides is 1. The molecule has 0 heterocycles. The van der Waals surface area contributed by atoms with Crippen molar-refractivity contribution in [1.82, 2.24) is 4.90 Å². The van der Waals surface area contributed by atoms with Gasteiger partial charge in [0.05, 0.1) is 0 Å². The summed E-state index contributed by atoms with van der Waals surface area (Å²) in [7, 11) is 1.86. The number of carbonyl (C=O) groups is 1. The summed E-state index contributed by atoms with van der Waals surface area (Å²) in [5, 5.41) is 0.724. The van der Waals surface area contributed by atoms with Crippen LogP contribution >= 0.6 is 11.6 Å². The normalized spacial score (nSPS) is 15.6. The first-order chi connectivity index (χ1) is 7.66. The molecular formula is C13H16ClNO. The average Bonchev–Trinajstić information content (AvgIpc) is 2.14. The van der Waals surface area contributed by atoms with E-state index in [1.807, 2.05) is 31.3 Å². The van der Waals surface area contributed by atoms with Crippen molar-refractivity contribution in [2.45, 2.75) is 25.8 Å². The van der Waals surface area contributed by atoms with Crippen LogP contribution in [0.5, 0.6) is 0 Å². The third-order valence-electron chi connectivity index (χ3n) is 3.14. The van der Waals surface area contributed by atoms with Gasteiger partial charge in [-0.05, 0) is 30.5 Å². The summed E-state index contributed by atoms with van der Waals surface area (Å²) in [6, 6.07) is 7.67. The van der Waals surface area contributed by atoms with Gasteiger partial charge in [-0.2, -0.15) is 0 Å². The van der Waals surface area contributed by atoms with Crippen LogP contribution in [0.3, 0.4) is 0 Å². The summed E-state index contributed by atoms with van der Waals surface area (Å²) in [5.41, 5.74) is 1.09. The molecule has 16 heavy (non-hydrogen) atoms. The molecule has 1 fully saturated rings.